The number of hydrogen-bond donors (Lipinski definition) is 1. The van der Waals surface area contributed by atoms with E-state index >= 15 is 0 Å². The van der Waals surface area contributed by atoms with Crippen molar-refractivity contribution in [2.75, 3.05) is 0 Å². The smallest absolute Gasteiger partial charge is 0.103 e. The summed E-state index contributed by atoms with van der Waals surface area (Å²) in [7, 11) is 0. The van der Waals surface area contributed by atoms with Gasteiger partial charge in [0.2, 0.25) is 0 Å². The maximum atomic E-state index is 4.92. The fraction of sp³-hybridized carbons (Fsp3) is 0.125. The van der Waals surface area contributed by atoms with E-state index < -0.39 is 0 Å². The number of pyridine rings is 1. The van der Waals surface area contributed by atoms with Gasteiger partial charge in [0.25, 0.3) is 0 Å². The minimum Gasteiger partial charge on any atom is -0.352 e. The van der Waals surface area contributed by atoms with Gasteiger partial charge in [0.15, 0.2) is 0 Å². The molecule has 0 bridgehead atoms. The summed E-state index contributed by atoms with van der Waals surface area (Å²) >= 11 is 4.92. The second kappa shape index (κ2) is 2.80. The Morgan fingerprint density at radius 2 is 2.40 bits per heavy atom. The quantitative estimate of drug-likeness (QED) is 0.610. The van der Waals surface area contributed by atoms with E-state index in [1.54, 1.807) is 6.08 Å². The Balaban J connectivity index is 3.32. The van der Waals surface area contributed by atoms with Crippen LogP contribution in [0.4, 0.5) is 0 Å². The molecule has 0 spiro atoms. The Labute approximate surface area is 65.4 Å². The summed E-state index contributed by atoms with van der Waals surface area (Å²) in [6.45, 7) is 5.68. The lowest BCUT2D eigenvalue weighted by Gasteiger charge is -1.96. The van der Waals surface area contributed by atoms with Crippen LogP contribution in [0.5, 0.6) is 0 Å². The summed E-state index contributed by atoms with van der Waals surface area (Å²) in [5.41, 5.74) is 2.27. The molecule has 1 heterocycles. The summed E-state index contributed by atoms with van der Waals surface area (Å²) in [6, 6.07) is 1.92. The Kier molecular flexibility index (Phi) is 2.02. The first kappa shape index (κ1) is 7.22. The van der Waals surface area contributed by atoms with Gasteiger partial charge in [-0.15, -0.1) is 0 Å². The van der Waals surface area contributed by atoms with E-state index in [0.29, 0.717) is 0 Å². The van der Waals surface area contributed by atoms with E-state index in [4.69, 9.17) is 12.2 Å². The molecule has 0 radical (unpaired) electrons. The normalized spacial score (nSPS) is 9.30. The molecule has 0 atom stereocenters. The number of aromatic nitrogens is 1. The van der Waals surface area contributed by atoms with E-state index in [0.717, 1.165) is 10.2 Å². The predicted molar refractivity (Wildman–Crippen MR) is 46.5 cm³/mol. The minimum atomic E-state index is 0.767. The van der Waals surface area contributed by atoms with Gasteiger partial charge in [0.1, 0.15) is 4.64 Å². The van der Waals surface area contributed by atoms with Gasteiger partial charge in [-0.05, 0) is 24.1 Å². The lowest BCUT2D eigenvalue weighted by atomic mass is 10.2. The Morgan fingerprint density at radius 3 is 2.90 bits per heavy atom. The van der Waals surface area contributed by atoms with Crippen LogP contribution in [0.3, 0.4) is 0 Å². The zero-order valence-corrected chi connectivity index (χ0v) is 6.66. The molecule has 1 nitrogen and oxygen atoms in total. The second-order valence-corrected chi connectivity index (χ2v) is 2.58. The molecule has 1 aromatic heterocycles. The number of rotatable bonds is 1. The lowest BCUT2D eigenvalue weighted by Crippen LogP contribution is -1.82. The van der Waals surface area contributed by atoms with E-state index in [2.05, 4.69) is 11.6 Å². The summed E-state index contributed by atoms with van der Waals surface area (Å²) in [5, 5.41) is 0. The molecule has 0 fully saturated rings. The molecular formula is C8H9NS. The van der Waals surface area contributed by atoms with Crippen molar-refractivity contribution in [3.8, 4) is 0 Å². The molecule has 0 saturated heterocycles. The van der Waals surface area contributed by atoms with Crippen molar-refractivity contribution in [3.05, 3.63) is 34.6 Å². The minimum absolute atomic E-state index is 0.767. The van der Waals surface area contributed by atoms with Crippen LogP contribution in [-0.4, -0.2) is 4.98 Å². The highest BCUT2D eigenvalue weighted by molar-refractivity contribution is 7.71. The Morgan fingerprint density at radius 1 is 1.70 bits per heavy atom. The number of aromatic amines is 1. The highest BCUT2D eigenvalue weighted by atomic mass is 32.1. The summed E-state index contributed by atoms with van der Waals surface area (Å²) in [6.07, 6.45) is 3.67. The third-order valence-electron chi connectivity index (χ3n) is 1.39. The first-order valence-corrected chi connectivity index (χ1v) is 3.46. The van der Waals surface area contributed by atoms with Gasteiger partial charge in [-0.25, -0.2) is 0 Å². The molecule has 0 aliphatic heterocycles. The molecule has 0 aromatic carbocycles. The second-order valence-electron chi connectivity index (χ2n) is 2.14. The Hall–Kier alpha value is -0.890. The Bertz CT molecular complexity index is 298. The first-order chi connectivity index (χ1) is 4.74. The first-order valence-electron chi connectivity index (χ1n) is 3.06. The number of nitrogens with one attached hydrogen (secondary N) is 1. The van der Waals surface area contributed by atoms with Crippen molar-refractivity contribution >= 4 is 18.3 Å². The summed E-state index contributed by atoms with van der Waals surface area (Å²) in [4.78, 5) is 2.94. The van der Waals surface area contributed by atoms with Crippen molar-refractivity contribution in [3.63, 3.8) is 0 Å². The van der Waals surface area contributed by atoms with E-state index in [1.165, 1.54) is 5.56 Å². The van der Waals surface area contributed by atoms with Crippen LogP contribution in [0.25, 0.3) is 6.08 Å². The highest BCUT2D eigenvalue weighted by Crippen LogP contribution is 2.06. The van der Waals surface area contributed by atoms with Gasteiger partial charge in [0.05, 0.1) is 0 Å². The van der Waals surface area contributed by atoms with Crippen molar-refractivity contribution in [1.29, 1.82) is 0 Å². The topological polar surface area (TPSA) is 15.8 Å². The summed E-state index contributed by atoms with van der Waals surface area (Å²) in [5.74, 6) is 0. The molecule has 1 rings (SSSR count). The number of aryl methyl sites for hydroxylation is 1. The van der Waals surface area contributed by atoms with Gasteiger partial charge < -0.3 is 4.98 Å². The molecule has 2 heteroatoms. The summed E-state index contributed by atoms with van der Waals surface area (Å²) < 4.78 is 0.767. The third-order valence-corrected chi connectivity index (χ3v) is 1.63. The fourth-order valence-corrected chi connectivity index (χ4v) is 1.04. The van der Waals surface area contributed by atoms with Gasteiger partial charge in [-0.3, -0.25) is 0 Å². The van der Waals surface area contributed by atoms with E-state index in [1.807, 2.05) is 19.2 Å². The van der Waals surface area contributed by atoms with E-state index in [-0.39, 0.29) is 0 Å². The molecule has 52 valence electrons. The van der Waals surface area contributed by atoms with Crippen LogP contribution >= 0.6 is 12.2 Å². The average molecular weight is 151 g/mol. The predicted octanol–water partition coefficient (Wildman–Crippen LogP) is 2.70. The van der Waals surface area contributed by atoms with E-state index in [9.17, 15) is 0 Å². The molecule has 0 aliphatic rings. The highest BCUT2D eigenvalue weighted by Gasteiger charge is 1.89. The van der Waals surface area contributed by atoms with Crippen LogP contribution in [0, 0.1) is 11.6 Å². The van der Waals surface area contributed by atoms with Gasteiger partial charge >= 0.3 is 0 Å². The van der Waals surface area contributed by atoms with Gasteiger partial charge in [0, 0.05) is 6.20 Å². The molecular weight excluding hydrogens is 142 g/mol. The standard InChI is InChI=1S/C8H9NS/c1-3-7-5-9-8(10)4-6(7)2/h3-5H,1H2,2H3,(H,9,10). The van der Waals surface area contributed by atoms with Crippen LogP contribution in [-0.2, 0) is 0 Å². The largest absolute Gasteiger partial charge is 0.352 e. The number of H-pyrrole nitrogens is 1. The van der Waals surface area contributed by atoms with Crippen molar-refractivity contribution < 1.29 is 0 Å². The molecule has 0 aliphatic carbocycles. The molecule has 10 heavy (non-hydrogen) atoms. The average Bonchev–Trinajstić information content (AvgIpc) is 1.88. The molecule has 0 unspecified atom stereocenters. The van der Waals surface area contributed by atoms with Crippen molar-refractivity contribution in [2.24, 2.45) is 0 Å². The molecule has 1 aromatic rings. The molecule has 0 amide bonds. The zero-order chi connectivity index (χ0) is 7.56. The lowest BCUT2D eigenvalue weighted by molar-refractivity contribution is 1.25. The zero-order valence-electron chi connectivity index (χ0n) is 5.85. The van der Waals surface area contributed by atoms with Crippen LogP contribution < -0.4 is 0 Å². The van der Waals surface area contributed by atoms with Crippen LogP contribution in [0.2, 0.25) is 0 Å². The number of hydrogen-bond acceptors (Lipinski definition) is 1. The maximum absolute atomic E-state index is 4.92. The van der Waals surface area contributed by atoms with Gasteiger partial charge in [-0.2, -0.15) is 0 Å². The fourth-order valence-electron chi connectivity index (χ4n) is 0.804. The molecule has 1 N–H and O–H groups in total. The SMILES string of the molecule is C=Cc1c[nH]c(=S)cc1C. The molecule has 0 saturated carbocycles. The van der Waals surface area contributed by atoms with Crippen molar-refractivity contribution in [1.82, 2.24) is 4.98 Å². The van der Waals surface area contributed by atoms with Crippen LogP contribution in [0.1, 0.15) is 11.1 Å². The maximum Gasteiger partial charge on any atom is 0.103 e. The third kappa shape index (κ3) is 1.33. The van der Waals surface area contributed by atoms with Crippen molar-refractivity contribution in [2.45, 2.75) is 6.92 Å². The monoisotopic (exact) mass is 151 g/mol. The van der Waals surface area contributed by atoms with Crippen LogP contribution in [0.15, 0.2) is 18.8 Å². The van der Waals surface area contributed by atoms with Gasteiger partial charge in [-0.1, -0.05) is 24.9 Å².